The predicted molar refractivity (Wildman–Crippen MR) is 76.1 cm³/mol. The summed E-state index contributed by atoms with van der Waals surface area (Å²) in [6, 6.07) is 5.57. The van der Waals surface area contributed by atoms with Gasteiger partial charge in [-0.2, -0.15) is 0 Å². The van der Waals surface area contributed by atoms with Gasteiger partial charge in [0.2, 0.25) is 0 Å². The minimum atomic E-state index is -1.07. The average Bonchev–Trinajstić information content (AvgIpc) is 3.16. The lowest BCUT2D eigenvalue weighted by Gasteiger charge is -2.05. The Hall–Kier alpha value is -1.75. The fourth-order valence-electron chi connectivity index (χ4n) is 2.24. The van der Waals surface area contributed by atoms with Crippen LogP contribution in [0, 0.1) is 12.8 Å². The lowest BCUT2D eigenvalue weighted by Crippen LogP contribution is -2.01. The number of aromatic nitrogens is 1. The number of carbonyl (C=O) groups excluding carboxylic acids is 1. The molecule has 0 bridgehead atoms. The molecule has 1 fully saturated rings. The quantitative estimate of drug-likeness (QED) is 0.812. The molecule has 104 valence electrons. The maximum Gasteiger partial charge on any atom is 0.177 e. The molecule has 3 rings (SSSR count). The first-order valence-corrected chi connectivity index (χ1v) is 8.07. The van der Waals surface area contributed by atoms with Crippen LogP contribution in [0.4, 0.5) is 0 Å². The zero-order chi connectivity index (χ0) is 14.3. The van der Waals surface area contributed by atoms with Crippen LogP contribution in [0.1, 0.15) is 28.8 Å². The molecule has 1 aliphatic rings. The van der Waals surface area contributed by atoms with Crippen molar-refractivity contribution in [2.45, 2.75) is 24.7 Å². The SMILES string of the molecule is Cc1ccc(-c2oncc2C(=O)C2CC2)cc1S(C)=O. The van der Waals surface area contributed by atoms with Crippen LogP contribution in [0.15, 0.2) is 33.8 Å². The van der Waals surface area contributed by atoms with E-state index in [2.05, 4.69) is 5.16 Å². The van der Waals surface area contributed by atoms with E-state index >= 15 is 0 Å². The second-order valence-electron chi connectivity index (χ2n) is 5.14. The molecule has 0 aliphatic heterocycles. The van der Waals surface area contributed by atoms with Gasteiger partial charge < -0.3 is 4.52 Å². The minimum absolute atomic E-state index is 0.0981. The Morgan fingerprint density at radius 3 is 2.80 bits per heavy atom. The van der Waals surface area contributed by atoms with Crippen LogP contribution >= 0.6 is 0 Å². The molecule has 1 unspecified atom stereocenters. The summed E-state index contributed by atoms with van der Waals surface area (Å²) in [6.45, 7) is 1.91. The summed E-state index contributed by atoms with van der Waals surface area (Å²) in [4.78, 5) is 12.9. The summed E-state index contributed by atoms with van der Waals surface area (Å²) in [6.07, 6.45) is 5.02. The first-order chi connectivity index (χ1) is 9.58. The summed E-state index contributed by atoms with van der Waals surface area (Å²) in [5, 5.41) is 3.76. The Morgan fingerprint density at radius 2 is 2.15 bits per heavy atom. The highest BCUT2D eigenvalue weighted by Crippen LogP contribution is 2.36. The Kier molecular flexibility index (Phi) is 3.30. The number of hydrogen-bond donors (Lipinski definition) is 0. The number of hydrogen-bond acceptors (Lipinski definition) is 4. The number of nitrogens with zero attached hydrogens (tertiary/aromatic N) is 1. The smallest absolute Gasteiger partial charge is 0.177 e. The van der Waals surface area contributed by atoms with E-state index in [0.717, 1.165) is 28.9 Å². The first-order valence-electron chi connectivity index (χ1n) is 6.51. The summed E-state index contributed by atoms with van der Waals surface area (Å²) in [5.41, 5.74) is 2.25. The Balaban J connectivity index is 2.05. The van der Waals surface area contributed by atoms with Gasteiger partial charge in [0.15, 0.2) is 11.5 Å². The van der Waals surface area contributed by atoms with Crippen molar-refractivity contribution in [3.63, 3.8) is 0 Å². The van der Waals surface area contributed by atoms with Crippen molar-refractivity contribution in [1.29, 1.82) is 0 Å². The van der Waals surface area contributed by atoms with Crippen LogP contribution < -0.4 is 0 Å². The number of benzene rings is 1. The molecule has 1 saturated carbocycles. The second kappa shape index (κ2) is 4.98. The number of carbonyl (C=O) groups is 1. The van der Waals surface area contributed by atoms with Gasteiger partial charge in [0.1, 0.15) is 0 Å². The topological polar surface area (TPSA) is 60.2 Å². The van der Waals surface area contributed by atoms with Crippen molar-refractivity contribution in [2.24, 2.45) is 5.92 Å². The Labute approximate surface area is 119 Å². The van der Waals surface area contributed by atoms with Crippen molar-refractivity contribution in [1.82, 2.24) is 5.16 Å². The molecular formula is C15H15NO3S. The first kappa shape index (κ1) is 13.2. The molecule has 5 heteroatoms. The zero-order valence-corrected chi connectivity index (χ0v) is 12.2. The Morgan fingerprint density at radius 1 is 1.40 bits per heavy atom. The van der Waals surface area contributed by atoms with E-state index in [-0.39, 0.29) is 11.7 Å². The molecule has 20 heavy (non-hydrogen) atoms. The number of ketones is 1. The molecule has 1 atom stereocenters. The van der Waals surface area contributed by atoms with E-state index < -0.39 is 10.8 Å². The highest BCUT2D eigenvalue weighted by atomic mass is 32.2. The molecular weight excluding hydrogens is 274 g/mol. The third kappa shape index (κ3) is 2.33. The summed E-state index contributed by atoms with van der Waals surface area (Å²) < 4.78 is 17.0. The molecule has 0 saturated heterocycles. The van der Waals surface area contributed by atoms with Crippen LogP contribution in [-0.2, 0) is 10.8 Å². The van der Waals surface area contributed by atoms with E-state index in [9.17, 15) is 9.00 Å². The molecule has 1 aromatic carbocycles. The summed E-state index contributed by atoms with van der Waals surface area (Å²) >= 11 is 0. The van der Waals surface area contributed by atoms with Crippen molar-refractivity contribution < 1.29 is 13.5 Å². The predicted octanol–water partition coefficient (Wildman–Crippen LogP) is 2.98. The van der Waals surface area contributed by atoms with E-state index in [1.807, 2.05) is 25.1 Å². The molecule has 1 heterocycles. The maximum absolute atomic E-state index is 12.2. The van der Waals surface area contributed by atoms with Crippen LogP contribution in [0.3, 0.4) is 0 Å². The highest BCUT2D eigenvalue weighted by Gasteiger charge is 2.33. The third-order valence-corrected chi connectivity index (χ3v) is 4.60. The van der Waals surface area contributed by atoms with Gasteiger partial charge in [0.25, 0.3) is 0 Å². The van der Waals surface area contributed by atoms with Crippen molar-refractivity contribution in [3.8, 4) is 11.3 Å². The highest BCUT2D eigenvalue weighted by molar-refractivity contribution is 7.84. The van der Waals surface area contributed by atoms with Crippen LogP contribution in [0.5, 0.6) is 0 Å². The van der Waals surface area contributed by atoms with Gasteiger partial charge >= 0.3 is 0 Å². The zero-order valence-electron chi connectivity index (χ0n) is 11.4. The normalized spacial score (nSPS) is 16.1. The lowest BCUT2D eigenvalue weighted by molar-refractivity contribution is 0.0968. The monoisotopic (exact) mass is 289 g/mol. The van der Waals surface area contributed by atoms with Crippen LogP contribution in [-0.4, -0.2) is 21.4 Å². The van der Waals surface area contributed by atoms with E-state index in [4.69, 9.17) is 4.52 Å². The average molecular weight is 289 g/mol. The van der Waals surface area contributed by atoms with Crippen LogP contribution in [0.2, 0.25) is 0 Å². The standard InChI is InChI=1S/C15H15NO3S/c1-9-3-4-11(7-13(9)20(2)18)15-12(8-16-19-15)14(17)10-5-6-10/h3-4,7-8,10H,5-6H2,1-2H3. The third-order valence-electron chi connectivity index (χ3n) is 3.54. The fraction of sp³-hybridized carbons (Fsp3) is 0.333. The van der Waals surface area contributed by atoms with Crippen molar-refractivity contribution in [2.75, 3.05) is 6.26 Å². The minimum Gasteiger partial charge on any atom is -0.356 e. The van der Waals surface area contributed by atoms with E-state index in [1.54, 1.807) is 6.26 Å². The van der Waals surface area contributed by atoms with Crippen LogP contribution in [0.25, 0.3) is 11.3 Å². The van der Waals surface area contributed by atoms with E-state index in [0.29, 0.717) is 11.3 Å². The number of rotatable bonds is 4. The number of Topliss-reactive ketones (excluding diaryl/α,β-unsaturated/α-hetero) is 1. The van der Waals surface area contributed by atoms with Gasteiger partial charge in [-0.3, -0.25) is 9.00 Å². The second-order valence-corrected chi connectivity index (χ2v) is 6.49. The molecule has 0 N–H and O–H groups in total. The molecule has 1 aliphatic carbocycles. The number of aryl methyl sites for hydroxylation is 1. The van der Waals surface area contributed by atoms with Crippen molar-refractivity contribution >= 4 is 16.6 Å². The van der Waals surface area contributed by atoms with Gasteiger partial charge in [-0.1, -0.05) is 17.3 Å². The molecule has 2 aromatic rings. The van der Waals surface area contributed by atoms with Gasteiger partial charge in [0.05, 0.1) is 22.6 Å². The molecule has 0 spiro atoms. The largest absolute Gasteiger partial charge is 0.356 e. The molecule has 4 nitrogen and oxygen atoms in total. The summed E-state index contributed by atoms with van der Waals surface area (Å²) in [7, 11) is -1.07. The van der Waals surface area contributed by atoms with Crippen molar-refractivity contribution in [3.05, 3.63) is 35.5 Å². The molecule has 1 aromatic heterocycles. The van der Waals surface area contributed by atoms with Gasteiger partial charge in [-0.05, 0) is 31.4 Å². The molecule has 0 amide bonds. The molecule has 0 radical (unpaired) electrons. The lowest BCUT2D eigenvalue weighted by atomic mass is 10.0. The van der Waals surface area contributed by atoms with Gasteiger partial charge in [0, 0.05) is 22.6 Å². The maximum atomic E-state index is 12.2. The fourth-order valence-corrected chi connectivity index (χ4v) is 3.05. The van der Waals surface area contributed by atoms with E-state index in [1.165, 1.54) is 6.20 Å². The van der Waals surface area contributed by atoms with Gasteiger partial charge in [-0.25, -0.2) is 0 Å². The summed E-state index contributed by atoms with van der Waals surface area (Å²) in [5.74, 6) is 0.702. The Bertz CT molecular complexity index is 701. The van der Waals surface area contributed by atoms with Gasteiger partial charge in [-0.15, -0.1) is 0 Å².